The molecule has 0 saturated heterocycles. The minimum absolute atomic E-state index is 0.739. The van der Waals surface area contributed by atoms with Crippen LogP contribution in [0.2, 0.25) is 5.02 Å². The molecule has 0 bridgehead atoms. The minimum atomic E-state index is 0.739. The average Bonchev–Trinajstić information content (AvgIpc) is 2.63. The molecule has 2 aromatic carbocycles. The van der Waals surface area contributed by atoms with Crippen molar-refractivity contribution in [2.45, 2.75) is 26.4 Å². The van der Waals surface area contributed by atoms with Crippen molar-refractivity contribution in [2.24, 2.45) is 0 Å². The van der Waals surface area contributed by atoms with Crippen molar-refractivity contribution in [1.29, 1.82) is 0 Å². The van der Waals surface area contributed by atoms with Crippen LogP contribution in [0.15, 0.2) is 54.6 Å². The monoisotopic (exact) mass is 349 g/mol. The van der Waals surface area contributed by atoms with Crippen LogP contribution in [-0.4, -0.2) is 21.4 Å². The Kier molecular flexibility index (Phi) is 4.51. The minimum Gasteiger partial charge on any atom is -0.294 e. The average molecular weight is 350 g/mol. The Morgan fingerprint density at radius 3 is 2.56 bits per heavy atom. The van der Waals surface area contributed by atoms with Crippen LogP contribution in [0, 0.1) is 6.92 Å². The summed E-state index contributed by atoms with van der Waals surface area (Å²) < 4.78 is 0. The Morgan fingerprint density at radius 2 is 1.76 bits per heavy atom. The molecular weight excluding hydrogens is 330 g/mol. The highest BCUT2D eigenvalue weighted by Crippen LogP contribution is 2.32. The summed E-state index contributed by atoms with van der Waals surface area (Å²) in [6.07, 6.45) is 0.947. The highest BCUT2D eigenvalue weighted by molar-refractivity contribution is 6.33. The third-order valence-electron chi connectivity index (χ3n) is 4.63. The maximum atomic E-state index is 6.45. The summed E-state index contributed by atoms with van der Waals surface area (Å²) >= 11 is 6.45. The predicted molar refractivity (Wildman–Crippen MR) is 101 cm³/mol. The first-order valence-electron chi connectivity index (χ1n) is 8.58. The van der Waals surface area contributed by atoms with E-state index >= 15 is 0 Å². The number of hydrogen-bond donors (Lipinski definition) is 0. The van der Waals surface area contributed by atoms with Crippen LogP contribution >= 0.6 is 11.6 Å². The topological polar surface area (TPSA) is 29.0 Å². The molecule has 4 rings (SSSR count). The number of benzene rings is 2. The zero-order chi connectivity index (χ0) is 17.2. The van der Waals surface area contributed by atoms with Crippen molar-refractivity contribution in [3.8, 4) is 11.3 Å². The van der Waals surface area contributed by atoms with E-state index in [1.54, 1.807) is 0 Å². The van der Waals surface area contributed by atoms with Crippen molar-refractivity contribution >= 4 is 11.6 Å². The van der Waals surface area contributed by atoms with Gasteiger partial charge in [0, 0.05) is 42.2 Å². The normalized spacial score (nSPS) is 14.3. The Labute approximate surface area is 153 Å². The number of fused-ring (bicyclic) bond motifs is 1. The first kappa shape index (κ1) is 16.2. The van der Waals surface area contributed by atoms with Crippen molar-refractivity contribution in [3.05, 3.63) is 82.3 Å². The Morgan fingerprint density at radius 1 is 1.00 bits per heavy atom. The summed E-state index contributed by atoms with van der Waals surface area (Å²) in [5.41, 5.74) is 5.67. The zero-order valence-corrected chi connectivity index (χ0v) is 15.0. The van der Waals surface area contributed by atoms with E-state index in [0.29, 0.717) is 0 Å². The highest BCUT2D eigenvalue weighted by atomic mass is 35.5. The summed E-state index contributed by atoms with van der Waals surface area (Å²) in [7, 11) is 0. The largest absolute Gasteiger partial charge is 0.294 e. The predicted octanol–water partition coefficient (Wildman–Crippen LogP) is 4.66. The van der Waals surface area contributed by atoms with Crippen LogP contribution in [0.1, 0.15) is 22.6 Å². The van der Waals surface area contributed by atoms with Crippen molar-refractivity contribution in [1.82, 2.24) is 14.9 Å². The van der Waals surface area contributed by atoms with E-state index in [2.05, 4.69) is 35.2 Å². The molecule has 0 spiro atoms. The fraction of sp³-hybridized carbons (Fsp3) is 0.238. The lowest BCUT2D eigenvalue weighted by molar-refractivity contribution is 0.243. The Hall–Kier alpha value is -2.23. The zero-order valence-electron chi connectivity index (χ0n) is 14.2. The van der Waals surface area contributed by atoms with Gasteiger partial charge >= 0.3 is 0 Å². The second-order valence-corrected chi connectivity index (χ2v) is 6.88. The van der Waals surface area contributed by atoms with Gasteiger partial charge in [0.05, 0.1) is 11.4 Å². The lowest BCUT2D eigenvalue weighted by Crippen LogP contribution is -2.31. The molecule has 25 heavy (non-hydrogen) atoms. The van der Waals surface area contributed by atoms with Gasteiger partial charge in [-0.05, 0) is 18.6 Å². The lowest BCUT2D eigenvalue weighted by Gasteiger charge is -2.29. The van der Waals surface area contributed by atoms with Gasteiger partial charge in [-0.2, -0.15) is 0 Å². The van der Waals surface area contributed by atoms with Gasteiger partial charge in [-0.3, -0.25) is 4.90 Å². The molecular formula is C21H20ClN3. The number of aromatic nitrogens is 2. The van der Waals surface area contributed by atoms with Gasteiger partial charge in [-0.1, -0.05) is 60.1 Å². The number of aryl methyl sites for hydroxylation is 1. The van der Waals surface area contributed by atoms with Crippen LogP contribution in [0.5, 0.6) is 0 Å². The summed E-state index contributed by atoms with van der Waals surface area (Å²) in [5, 5.41) is 0.739. The molecule has 2 heterocycles. The molecule has 0 atom stereocenters. The van der Waals surface area contributed by atoms with Crippen molar-refractivity contribution in [3.63, 3.8) is 0 Å². The summed E-state index contributed by atoms with van der Waals surface area (Å²) in [6, 6.07) is 18.5. The summed E-state index contributed by atoms with van der Waals surface area (Å²) in [5.74, 6) is 0.810. The molecule has 0 N–H and O–H groups in total. The maximum absolute atomic E-state index is 6.45. The third kappa shape index (κ3) is 3.44. The van der Waals surface area contributed by atoms with E-state index in [1.807, 2.05) is 31.2 Å². The molecule has 4 heteroatoms. The van der Waals surface area contributed by atoms with Crippen LogP contribution < -0.4 is 0 Å². The van der Waals surface area contributed by atoms with E-state index in [0.717, 1.165) is 53.9 Å². The molecule has 3 nitrogen and oxygen atoms in total. The van der Waals surface area contributed by atoms with E-state index in [1.165, 1.54) is 11.1 Å². The van der Waals surface area contributed by atoms with E-state index in [-0.39, 0.29) is 0 Å². The number of nitrogens with zero attached hydrogens (tertiary/aromatic N) is 3. The lowest BCUT2D eigenvalue weighted by atomic mass is 9.98. The van der Waals surface area contributed by atoms with Gasteiger partial charge in [-0.25, -0.2) is 9.97 Å². The summed E-state index contributed by atoms with van der Waals surface area (Å²) in [6.45, 7) is 4.76. The second-order valence-electron chi connectivity index (χ2n) is 6.47. The standard InChI is InChI=1S/C21H20ClN3/c1-15-23-20-11-12-25(13-16-7-3-2-4-8-16)14-18(20)21(24-15)17-9-5-6-10-19(17)22/h2-10H,11-14H2,1H3. The molecule has 0 aliphatic carbocycles. The Bertz CT molecular complexity index is 893. The quantitative estimate of drug-likeness (QED) is 0.688. The van der Waals surface area contributed by atoms with Crippen molar-refractivity contribution < 1.29 is 0 Å². The maximum Gasteiger partial charge on any atom is 0.126 e. The fourth-order valence-corrected chi connectivity index (χ4v) is 3.67. The number of rotatable bonds is 3. The first-order chi connectivity index (χ1) is 12.2. The molecule has 1 aromatic heterocycles. The molecule has 0 amide bonds. The van der Waals surface area contributed by atoms with Crippen LogP contribution in [0.3, 0.4) is 0 Å². The molecule has 1 aliphatic heterocycles. The molecule has 0 unspecified atom stereocenters. The van der Waals surface area contributed by atoms with Crippen LogP contribution in [0.4, 0.5) is 0 Å². The molecule has 126 valence electrons. The van der Waals surface area contributed by atoms with E-state index < -0.39 is 0 Å². The molecule has 0 radical (unpaired) electrons. The first-order valence-corrected chi connectivity index (χ1v) is 8.96. The van der Waals surface area contributed by atoms with Gasteiger partial charge in [0.25, 0.3) is 0 Å². The van der Waals surface area contributed by atoms with Gasteiger partial charge in [0.1, 0.15) is 5.82 Å². The SMILES string of the molecule is Cc1nc2c(c(-c3ccccc3Cl)n1)CN(Cc1ccccc1)CC2. The smallest absolute Gasteiger partial charge is 0.126 e. The third-order valence-corrected chi connectivity index (χ3v) is 4.96. The molecule has 1 aliphatic rings. The second kappa shape index (κ2) is 6.95. The molecule has 0 fully saturated rings. The van der Waals surface area contributed by atoms with Gasteiger partial charge in [0.2, 0.25) is 0 Å². The van der Waals surface area contributed by atoms with E-state index in [9.17, 15) is 0 Å². The van der Waals surface area contributed by atoms with Crippen LogP contribution in [-0.2, 0) is 19.5 Å². The van der Waals surface area contributed by atoms with Gasteiger partial charge in [0.15, 0.2) is 0 Å². The van der Waals surface area contributed by atoms with Gasteiger partial charge < -0.3 is 0 Å². The van der Waals surface area contributed by atoms with Crippen LogP contribution in [0.25, 0.3) is 11.3 Å². The van der Waals surface area contributed by atoms with E-state index in [4.69, 9.17) is 21.6 Å². The Balaban J connectivity index is 1.70. The van der Waals surface area contributed by atoms with Crippen molar-refractivity contribution in [2.75, 3.05) is 6.54 Å². The fourth-order valence-electron chi connectivity index (χ4n) is 3.45. The number of hydrogen-bond acceptors (Lipinski definition) is 3. The molecule has 0 saturated carbocycles. The molecule has 3 aromatic rings. The highest BCUT2D eigenvalue weighted by Gasteiger charge is 2.23. The summed E-state index contributed by atoms with van der Waals surface area (Å²) in [4.78, 5) is 11.9. The van der Waals surface area contributed by atoms with Gasteiger partial charge in [-0.15, -0.1) is 0 Å². The number of halogens is 1.